The lowest BCUT2D eigenvalue weighted by atomic mass is 10.0. The third-order valence-electron chi connectivity index (χ3n) is 3.00. The molecule has 0 bridgehead atoms. The molecule has 1 aliphatic heterocycles. The van der Waals surface area contributed by atoms with Gasteiger partial charge in [0.1, 0.15) is 18.0 Å². The van der Waals surface area contributed by atoms with Gasteiger partial charge in [0, 0.05) is 9.75 Å². The Morgan fingerprint density at radius 2 is 2.47 bits per heavy atom. The van der Waals surface area contributed by atoms with Gasteiger partial charge in [-0.05, 0) is 38.3 Å². The van der Waals surface area contributed by atoms with E-state index >= 15 is 0 Å². The van der Waals surface area contributed by atoms with Crippen LogP contribution in [0.2, 0.25) is 0 Å². The first-order chi connectivity index (χ1) is 7.18. The second kappa shape index (κ2) is 4.06. The van der Waals surface area contributed by atoms with Crippen molar-refractivity contribution in [1.82, 2.24) is 0 Å². The average molecular weight is 224 g/mol. The second-order valence-electron chi connectivity index (χ2n) is 4.18. The molecule has 0 radical (unpaired) electrons. The second-order valence-corrected chi connectivity index (χ2v) is 5.35. The highest BCUT2D eigenvalue weighted by Crippen LogP contribution is 2.41. The molecule has 15 heavy (non-hydrogen) atoms. The summed E-state index contributed by atoms with van der Waals surface area (Å²) >= 11 is 1.80. The number of rotatable bonds is 3. The predicted molar refractivity (Wildman–Crippen MR) is 61.2 cm³/mol. The number of thiophene rings is 1. The van der Waals surface area contributed by atoms with Crippen molar-refractivity contribution in [1.29, 1.82) is 0 Å². The molecule has 3 heteroatoms. The monoisotopic (exact) mass is 224 g/mol. The minimum Gasteiger partial charge on any atom is -0.359 e. The predicted octanol–water partition coefficient (Wildman–Crippen LogP) is 2.90. The first-order valence-corrected chi connectivity index (χ1v) is 6.22. The van der Waals surface area contributed by atoms with Crippen molar-refractivity contribution in [2.75, 3.05) is 0 Å². The van der Waals surface area contributed by atoms with E-state index in [-0.39, 0.29) is 11.7 Å². The van der Waals surface area contributed by atoms with Gasteiger partial charge in [0.25, 0.3) is 0 Å². The molecule has 1 aromatic rings. The van der Waals surface area contributed by atoms with Gasteiger partial charge in [-0.25, -0.2) is 0 Å². The van der Waals surface area contributed by atoms with Crippen molar-refractivity contribution in [3.8, 4) is 0 Å². The van der Waals surface area contributed by atoms with Gasteiger partial charge in [0.05, 0.1) is 0 Å². The lowest BCUT2D eigenvalue weighted by Crippen LogP contribution is -2.21. The highest BCUT2D eigenvalue weighted by Gasteiger charge is 2.38. The van der Waals surface area contributed by atoms with Gasteiger partial charge >= 0.3 is 0 Å². The molecular formula is C12H16O2S. The Hall–Kier alpha value is -0.670. The van der Waals surface area contributed by atoms with Crippen LogP contribution in [0.25, 0.3) is 0 Å². The summed E-state index contributed by atoms with van der Waals surface area (Å²) in [7, 11) is 0. The van der Waals surface area contributed by atoms with Crippen molar-refractivity contribution < 1.29 is 9.53 Å². The van der Waals surface area contributed by atoms with E-state index in [1.165, 1.54) is 9.75 Å². The molecule has 1 saturated heterocycles. The number of aldehydes is 1. The smallest absolute Gasteiger partial charge is 0.148 e. The van der Waals surface area contributed by atoms with Crippen LogP contribution in [-0.4, -0.2) is 12.4 Å². The summed E-state index contributed by atoms with van der Waals surface area (Å²) in [5.41, 5.74) is -0.232. The van der Waals surface area contributed by atoms with Crippen LogP contribution in [0.3, 0.4) is 0 Å². The summed E-state index contributed by atoms with van der Waals surface area (Å²) in [6.45, 7) is 4.24. The summed E-state index contributed by atoms with van der Waals surface area (Å²) in [6.07, 6.45) is 3.57. The fraction of sp³-hybridized carbons (Fsp3) is 0.583. The molecule has 2 rings (SSSR count). The van der Waals surface area contributed by atoms with Crippen molar-refractivity contribution in [3.63, 3.8) is 0 Å². The Kier molecular flexibility index (Phi) is 2.94. The lowest BCUT2D eigenvalue weighted by molar-refractivity contribution is -0.121. The van der Waals surface area contributed by atoms with Crippen molar-refractivity contribution in [2.24, 2.45) is 0 Å². The van der Waals surface area contributed by atoms with Crippen molar-refractivity contribution in [2.45, 2.75) is 44.8 Å². The number of carbonyl (C=O) groups is 1. The van der Waals surface area contributed by atoms with Crippen LogP contribution in [-0.2, 0) is 21.6 Å². The summed E-state index contributed by atoms with van der Waals surface area (Å²) in [5, 5.41) is 0. The molecule has 2 atom stereocenters. The third-order valence-corrected chi connectivity index (χ3v) is 4.48. The topological polar surface area (TPSA) is 26.3 Å². The molecule has 0 N–H and O–H groups in total. The normalized spacial score (nSPS) is 30.7. The van der Waals surface area contributed by atoms with Gasteiger partial charge in [-0.15, -0.1) is 11.3 Å². The van der Waals surface area contributed by atoms with E-state index in [9.17, 15) is 4.79 Å². The molecule has 0 spiro atoms. The minimum absolute atomic E-state index is 0.206. The third kappa shape index (κ3) is 1.99. The van der Waals surface area contributed by atoms with E-state index in [0.29, 0.717) is 0 Å². The Morgan fingerprint density at radius 3 is 3.00 bits per heavy atom. The maximum absolute atomic E-state index is 10.7. The molecule has 0 aliphatic carbocycles. The maximum atomic E-state index is 10.7. The van der Waals surface area contributed by atoms with Crippen molar-refractivity contribution >= 4 is 17.6 Å². The highest BCUT2D eigenvalue weighted by molar-refractivity contribution is 7.12. The van der Waals surface area contributed by atoms with E-state index in [2.05, 4.69) is 26.0 Å². The van der Waals surface area contributed by atoms with E-state index in [4.69, 9.17) is 4.74 Å². The molecule has 1 aliphatic rings. The van der Waals surface area contributed by atoms with Crippen LogP contribution < -0.4 is 0 Å². The zero-order chi connectivity index (χ0) is 10.9. The zero-order valence-electron chi connectivity index (χ0n) is 9.16. The fourth-order valence-corrected chi connectivity index (χ4v) is 3.06. The first-order valence-electron chi connectivity index (χ1n) is 5.40. The van der Waals surface area contributed by atoms with Crippen LogP contribution in [0.4, 0.5) is 0 Å². The molecular weight excluding hydrogens is 208 g/mol. The Balaban J connectivity index is 2.19. The lowest BCUT2D eigenvalue weighted by Gasteiger charge is -2.22. The molecule has 1 fully saturated rings. The van der Waals surface area contributed by atoms with Crippen LogP contribution in [0, 0.1) is 0 Å². The van der Waals surface area contributed by atoms with Gasteiger partial charge < -0.3 is 9.53 Å². The summed E-state index contributed by atoms with van der Waals surface area (Å²) in [5.74, 6) is 0. The van der Waals surface area contributed by atoms with Gasteiger partial charge in [-0.2, -0.15) is 0 Å². The number of carbonyl (C=O) groups excluding carboxylic acids is 1. The quantitative estimate of drug-likeness (QED) is 0.738. The number of hydrogen-bond donors (Lipinski definition) is 0. The van der Waals surface area contributed by atoms with Crippen LogP contribution in [0.1, 0.15) is 36.4 Å². The van der Waals surface area contributed by atoms with E-state index in [1.54, 1.807) is 11.3 Å². The average Bonchev–Trinajstić information content (AvgIpc) is 2.84. The molecule has 2 nitrogen and oxygen atoms in total. The number of ether oxygens (including phenoxy) is 1. The van der Waals surface area contributed by atoms with Gasteiger partial charge in [0.15, 0.2) is 0 Å². The maximum Gasteiger partial charge on any atom is 0.148 e. The molecule has 0 aromatic carbocycles. The van der Waals surface area contributed by atoms with E-state index in [0.717, 1.165) is 25.5 Å². The van der Waals surface area contributed by atoms with Crippen LogP contribution in [0.5, 0.6) is 0 Å². The summed E-state index contributed by atoms with van der Waals surface area (Å²) in [4.78, 5) is 13.3. The largest absolute Gasteiger partial charge is 0.359 e. The SMILES string of the molecule is CCc1ccc(C2(C)CCC(C=O)O2)s1. The molecule has 1 aromatic heterocycles. The van der Waals surface area contributed by atoms with E-state index in [1.807, 2.05) is 0 Å². The van der Waals surface area contributed by atoms with E-state index < -0.39 is 0 Å². The molecule has 0 saturated carbocycles. The number of hydrogen-bond acceptors (Lipinski definition) is 3. The van der Waals surface area contributed by atoms with Crippen molar-refractivity contribution in [3.05, 3.63) is 21.9 Å². The molecule has 0 amide bonds. The number of aryl methyl sites for hydroxylation is 1. The van der Waals surface area contributed by atoms with Gasteiger partial charge in [-0.3, -0.25) is 0 Å². The van der Waals surface area contributed by atoms with Gasteiger partial charge in [-0.1, -0.05) is 6.92 Å². The van der Waals surface area contributed by atoms with Crippen LogP contribution in [0.15, 0.2) is 12.1 Å². The summed E-state index contributed by atoms with van der Waals surface area (Å²) in [6, 6.07) is 4.29. The molecule has 82 valence electrons. The Labute approximate surface area is 94.3 Å². The minimum atomic E-state index is -0.232. The standard InChI is InChI=1S/C12H16O2S/c1-3-10-4-5-11(15-10)12(2)7-6-9(8-13)14-12/h4-5,8-9H,3,6-7H2,1-2H3. The Bertz CT molecular complexity index is 358. The summed E-state index contributed by atoms with van der Waals surface area (Å²) < 4.78 is 5.78. The zero-order valence-corrected chi connectivity index (χ0v) is 9.97. The highest BCUT2D eigenvalue weighted by atomic mass is 32.1. The fourth-order valence-electron chi connectivity index (χ4n) is 2.00. The first kappa shape index (κ1) is 10.8. The molecule has 2 heterocycles. The van der Waals surface area contributed by atoms with Crippen LogP contribution >= 0.6 is 11.3 Å². The van der Waals surface area contributed by atoms with Gasteiger partial charge in [0.2, 0.25) is 0 Å². The Morgan fingerprint density at radius 1 is 1.67 bits per heavy atom. The molecule has 2 unspecified atom stereocenters.